The first-order chi connectivity index (χ1) is 16.3. The topological polar surface area (TPSA) is 18.5 Å². The van der Waals surface area contributed by atoms with E-state index in [-0.39, 0.29) is 10.8 Å². The Hall–Kier alpha value is -3.52. The molecule has 2 heteroatoms. The summed E-state index contributed by atoms with van der Waals surface area (Å²) in [5, 5.41) is 0. The van der Waals surface area contributed by atoms with E-state index in [1.165, 1.54) is 22.3 Å². The summed E-state index contributed by atoms with van der Waals surface area (Å²) in [4.78, 5) is 0. The summed E-state index contributed by atoms with van der Waals surface area (Å²) in [7, 11) is 0. The predicted octanol–water partition coefficient (Wildman–Crippen LogP) is 7.81. The van der Waals surface area contributed by atoms with Crippen LogP contribution in [0.1, 0.15) is 61.1 Å². The van der Waals surface area contributed by atoms with Gasteiger partial charge in [0, 0.05) is 10.8 Å². The van der Waals surface area contributed by atoms with Crippen LogP contribution in [0.25, 0.3) is 0 Å². The van der Waals surface area contributed by atoms with Gasteiger partial charge in [0.2, 0.25) is 0 Å². The molecule has 0 amide bonds. The molecule has 0 spiro atoms. The highest BCUT2D eigenvalue weighted by atomic mass is 16.5. The van der Waals surface area contributed by atoms with E-state index in [4.69, 9.17) is 9.47 Å². The van der Waals surface area contributed by atoms with Crippen LogP contribution in [0.2, 0.25) is 0 Å². The maximum atomic E-state index is 6.09. The Morgan fingerprint density at radius 1 is 0.471 bits per heavy atom. The van der Waals surface area contributed by atoms with Crippen molar-refractivity contribution in [2.45, 2.75) is 51.7 Å². The Balaban J connectivity index is 1.55. The van der Waals surface area contributed by atoms with Crippen LogP contribution in [0.3, 0.4) is 0 Å². The molecule has 5 heterocycles. The SMILES string of the molecule is CC1(C)c2ccc(cc2)OCc2cccc(c2)COc2ccc(cc2)C(C)(C)c2ccc1cc2. The van der Waals surface area contributed by atoms with Crippen LogP contribution >= 0.6 is 0 Å². The van der Waals surface area contributed by atoms with E-state index in [1.807, 2.05) is 0 Å². The lowest BCUT2D eigenvalue weighted by Crippen LogP contribution is -2.21. The van der Waals surface area contributed by atoms with Gasteiger partial charge in [-0.15, -0.1) is 0 Å². The van der Waals surface area contributed by atoms with Gasteiger partial charge in [-0.05, 0) is 63.7 Å². The highest BCUT2D eigenvalue weighted by molar-refractivity contribution is 5.45. The lowest BCUT2D eigenvalue weighted by Gasteiger charge is -2.29. The molecule has 0 aliphatic carbocycles. The third-order valence-electron chi connectivity index (χ3n) is 7.28. The average molecular weight is 449 g/mol. The molecule has 4 aromatic rings. The molecule has 4 aromatic carbocycles. The normalized spacial score (nSPS) is 16.4. The Labute approximate surface area is 203 Å². The smallest absolute Gasteiger partial charge is 0.119 e. The third-order valence-corrected chi connectivity index (χ3v) is 7.28. The van der Waals surface area contributed by atoms with Crippen molar-refractivity contribution in [2.24, 2.45) is 0 Å². The molecule has 172 valence electrons. The van der Waals surface area contributed by atoms with E-state index in [9.17, 15) is 0 Å². The van der Waals surface area contributed by atoms with Crippen LogP contribution in [0, 0.1) is 0 Å². The van der Waals surface area contributed by atoms with Gasteiger partial charge in [-0.1, -0.05) is 94.4 Å². The summed E-state index contributed by atoms with van der Waals surface area (Å²) in [5.41, 5.74) is 7.20. The van der Waals surface area contributed by atoms with Crippen LogP contribution in [0.5, 0.6) is 11.5 Å². The molecule has 2 nitrogen and oxygen atoms in total. The van der Waals surface area contributed by atoms with Gasteiger partial charge in [0.25, 0.3) is 0 Å². The first-order valence-corrected chi connectivity index (χ1v) is 12.0. The fraction of sp³-hybridized carbons (Fsp3) is 0.250. The van der Waals surface area contributed by atoms with Crippen molar-refractivity contribution in [1.29, 1.82) is 0 Å². The van der Waals surface area contributed by atoms with Gasteiger partial charge >= 0.3 is 0 Å². The molecule has 34 heavy (non-hydrogen) atoms. The van der Waals surface area contributed by atoms with Crippen molar-refractivity contribution in [3.05, 3.63) is 130 Å². The largest absolute Gasteiger partial charge is 0.489 e. The van der Waals surface area contributed by atoms with Crippen LogP contribution < -0.4 is 9.47 Å². The maximum absolute atomic E-state index is 6.09. The lowest BCUT2D eigenvalue weighted by molar-refractivity contribution is 0.299. The van der Waals surface area contributed by atoms with Gasteiger partial charge in [-0.3, -0.25) is 0 Å². The second-order valence-electron chi connectivity index (χ2n) is 10.3. The molecule has 0 saturated heterocycles. The van der Waals surface area contributed by atoms with Crippen molar-refractivity contribution >= 4 is 0 Å². The molecule has 0 unspecified atom stereocenters. The van der Waals surface area contributed by atoms with Crippen molar-refractivity contribution in [3.8, 4) is 11.5 Å². The Morgan fingerprint density at radius 2 is 0.794 bits per heavy atom. The van der Waals surface area contributed by atoms with Gasteiger partial charge in [-0.2, -0.15) is 0 Å². The molecule has 0 saturated carbocycles. The third kappa shape index (κ3) is 4.33. The highest BCUT2D eigenvalue weighted by Crippen LogP contribution is 2.36. The molecular weight excluding hydrogens is 416 g/mol. The fourth-order valence-corrected chi connectivity index (χ4v) is 4.72. The number of benzene rings is 4. The number of fused-ring (bicyclic) bond motifs is 1. The van der Waals surface area contributed by atoms with E-state index in [2.05, 4.69) is 125 Å². The van der Waals surface area contributed by atoms with Crippen LogP contribution in [0.4, 0.5) is 0 Å². The maximum Gasteiger partial charge on any atom is 0.119 e. The van der Waals surface area contributed by atoms with Crippen LogP contribution in [-0.4, -0.2) is 0 Å². The van der Waals surface area contributed by atoms with E-state index >= 15 is 0 Å². The molecule has 0 fully saturated rings. The zero-order chi connectivity index (χ0) is 23.8. The standard InChI is InChI=1S/C32H32O2/c1-31(2)25-8-10-26(11-9-25)32(3,4)28-14-18-30(19-15-28)34-22-24-7-5-6-23(20-24)21-33-29-16-12-27(31)13-17-29/h5-20H,21-22H2,1-4H3. The Morgan fingerprint density at radius 3 is 1.15 bits per heavy atom. The summed E-state index contributed by atoms with van der Waals surface area (Å²) in [6, 6.07) is 34.5. The van der Waals surface area contributed by atoms with Gasteiger partial charge in [0.05, 0.1) is 0 Å². The molecule has 0 radical (unpaired) electrons. The van der Waals surface area contributed by atoms with Crippen molar-refractivity contribution in [1.82, 2.24) is 0 Å². The number of rotatable bonds is 0. The van der Waals surface area contributed by atoms with E-state index in [0.29, 0.717) is 13.2 Å². The van der Waals surface area contributed by atoms with Crippen molar-refractivity contribution in [2.75, 3.05) is 0 Å². The average Bonchev–Trinajstić information content (AvgIpc) is 2.86. The van der Waals surface area contributed by atoms with E-state index in [1.54, 1.807) is 0 Å². The van der Waals surface area contributed by atoms with Gasteiger partial charge in [0.1, 0.15) is 24.7 Å². The van der Waals surface area contributed by atoms with Crippen LogP contribution in [0.15, 0.2) is 97.1 Å². The first kappa shape index (κ1) is 22.3. The summed E-state index contributed by atoms with van der Waals surface area (Å²) in [6.07, 6.45) is 0. The van der Waals surface area contributed by atoms with Gasteiger partial charge in [-0.25, -0.2) is 0 Å². The summed E-state index contributed by atoms with van der Waals surface area (Å²) >= 11 is 0. The number of hydrogen-bond acceptors (Lipinski definition) is 2. The Kier molecular flexibility index (Phi) is 5.69. The molecule has 0 atom stereocenters. The number of ether oxygens (including phenoxy) is 2. The summed E-state index contributed by atoms with van der Waals surface area (Å²) in [5.74, 6) is 1.76. The lowest BCUT2D eigenvalue weighted by atomic mass is 9.74. The van der Waals surface area contributed by atoms with Crippen LogP contribution in [-0.2, 0) is 24.0 Å². The minimum absolute atomic E-state index is 0.104. The molecule has 8 bridgehead atoms. The minimum atomic E-state index is -0.104. The number of hydrogen-bond donors (Lipinski definition) is 0. The van der Waals surface area contributed by atoms with E-state index in [0.717, 1.165) is 22.6 Å². The zero-order valence-corrected chi connectivity index (χ0v) is 20.5. The molecule has 5 aliphatic rings. The minimum Gasteiger partial charge on any atom is -0.489 e. The highest BCUT2D eigenvalue weighted by Gasteiger charge is 2.26. The quantitative estimate of drug-likeness (QED) is 0.273. The molecule has 0 N–H and O–H groups in total. The summed E-state index contributed by atoms with van der Waals surface area (Å²) < 4.78 is 12.2. The van der Waals surface area contributed by atoms with Crippen molar-refractivity contribution in [3.63, 3.8) is 0 Å². The molecule has 0 aromatic heterocycles. The van der Waals surface area contributed by atoms with E-state index < -0.39 is 0 Å². The Bertz CT molecular complexity index is 1170. The fourth-order valence-electron chi connectivity index (χ4n) is 4.72. The molecule has 9 rings (SSSR count). The monoisotopic (exact) mass is 448 g/mol. The van der Waals surface area contributed by atoms with Gasteiger partial charge < -0.3 is 9.47 Å². The van der Waals surface area contributed by atoms with Gasteiger partial charge in [0.15, 0.2) is 0 Å². The summed E-state index contributed by atoms with van der Waals surface area (Å²) in [6.45, 7) is 10.2. The molecule has 5 aliphatic heterocycles. The predicted molar refractivity (Wildman–Crippen MR) is 139 cm³/mol. The second-order valence-corrected chi connectivity index (χ2v) is 10.3. The van der Waals surface area contributed by atoms with Crippen molar-refractivity contribution < 1.29 is 9.47 Å². The zero-order valence-electron chi connectivity index (χ0n) is 20.5. The second kappa shape index (κ2) is 8.68. The first-order valence-electron chi connectivity index (χ1n) is 12.0. The molecular formula is C32H32O2.